The van der Waals surface area contributed by atoms with Crippen LogP contribution in [-0.4, -0.2) is 16.6 Å². The summed E-state index contributed by atoms with van der Waals surface area (Å²) >= 11 is 2.86. The molecular formula is C16H12F2N2O2S2. The van der Waals surface area contributed by atoms with E-state index in [-0.39, 0.29) is 17.3 Å². The van der Waals surface area contributed by atoms with E-state index in [0.29, 0.717) is 11.5 Å². The Morgan fingerprint density at radius 3 is 2.92 bits per heavy atom. The summed E-state index contributed by atoms with van der Waals surface area (Å²) in [5, 5.41) is 5.23. The molecule has 0 radical (unpaired) electrons. The predicted octanol–water partition coefficient (Wildman–Crippen LogP) is 4.55. The number of carbonyl (C=O) groups excluding carboxylic acids is 1. The molecule has 1 aromatic carbocycles. The van der Waals surface area contributed by atoms with E-state index in [1.165, 1.54) is 29.2 Å². The minimum Gasteiger partial charge on any atom is -0.462 e. The maximum absolute atomic E-state index is 13.1. The lowest BCUT2D eigenvalue weighted by Crippen LogP contribution is -2.14. The van der Waals surface area contributed by atoms with Crippen LogP contribution in [0.2, 0.25) is 0 Å². The molecule has 1 N–H and O–H groups in total. The highest BCUT2D eigenvalue weighted by Crippen LogP contribution is 2.25. The van der Waals surface area contributed by atoms with Crippen molar-refractivity contribution in [3.8, 4) is 10.8 Å². The van der Waals surface area contributed by atoms with Crippen molar-refractivity contribution in [2.75, 3.05) is 11.1 Å². The van der Waals surface area contributed by atoms with Gasteiger partial charge < -0.3 is 9.73 Å². The first-order valence-electron chi connectivity index (χ1n) is 6.93. The molecule has 0 saturated carbocycles. The van der Waals surface area contributed by atoms with Gasteiger partial charge in [-0.1, -0.05) is 0 Å². The predicted molar refractivity (Wildman–Crippen MR) is 91.0 cm³/mol. The fraction of sp³-hybridized carbons (Fsp3) is 0.125. The van der Waals surface area contributed by atoms with E-state index >= 15 is 0 Å². The zero-order valence-corrected chi connectivity index (χ0v) is 13.9. The van der Waals surface area contributed by atoms with Gasteiger partial charge in [-0.05, 0) is 24.3 Å². The molecule has 0 bridgehead atoms. The maximum Gasteiger partial charge on any atom is 0.234 e. The van der Waals surface area contributed by atoms with Crippen LogP contribution in [0.4, 0.5) is 14.5 Å². The largest absolute Gasteiger partial charge is 0.462 e. The SMILES string of the molecule is O=C(CSCc1csc(-c2ccco2)n1)Nc1ccc(F)c(F)c1. The number of thiazole rings is 1. The Labute approximate surface area is 144 Å². The highest BCUT2D eigenvalue weighted by Gasteiger charge is 2.09. The van der Waals surface area contributed by atoms with Crippen LogP contribution in [-0.2, 0) is 10.5 Å². The number of halogens is 2. The molecule has 24 heavy (non-hydrogen) atoms. The fourth-order valence-corrected chi connectivity index (χ4v) is 3.51. The molecule has 4 nitrogen and oxygen atoms in total. The fourth-order valence-electron chi connectivity index (χ4n) is 1.91. The van der Waals surface area contributed by atoms with Gasteiger partial charge in [0.1, 0.15) is 0 Å². The summed E-state index contributed by atoms with van der Waals surface area (Å²) in [5.74, 6) is -0.749. The summed E-state index contributed by atoms with van der Waals surface area (Å²) in [6, 6.07) is 6.88. The topological polar surface area (TPSA) is 55.1 Å². The van der Waals surface area contributed by atoms with Crippen molar-refractivity contribution < 1.29 is 18.0 Å². The number of hydrogen-bond donors (Lipinski definition) is 1. The van der Waals surface area contributed by atoms with E-state index in [4.69, 9.17) is 4.42 Å². The van der Waals surface area contributed by atoms with Crippen LogP contribution in [0.25, 0.3) is 10.8 Å². The molecule has 0 saturated heterocycles. The van der Waals surface area contributed by atoms with Crippen LogP contribution in [0, 0.1) is 11.6 Å². The van der Waals surface area contributed by atoms with E-state index < -0.39 is 11.6 Å². The second-order valence-corrected chi connectivity index (χ2v) is 6.63. The minimum atomic E-state index is -0.992. The Hall–Kier alpha value is -2.19. The van der Waals surface area contributed by atoms with Crippen molar-refractivity contribution in [1.29, 1.82) is 0 Å². The van der Waals surface area contributed by atoms with Gasteiger partial charge >= 0.3 is 0 Å². The Balaban J connectivity index is 1.47. The van der Waals surface area contributed by atoms with Gasteiger partial charge in [0.25, 0.3) is 0 Å². The van der Waals surface area contributed by atoms with Crippen LogP contribution >= 0.6 is 23.1 Å². The Bertz CT molecular complexity index is 834. The van der Waals surface area contributed by atoms with E-state index in [0.717, 1.165) is 22.8 Å². The number of nitrogens with zero attached hydrogens (tertiary/aromatic N) is 1. The first-order valence-corrected chi connectivity index (χ1v) is 8.96. The molecule has 0 atom stereocenters. The molecule has 2 heterocycles. The number of hydrogen-bond acceptors (Lipinski definition) is 5. The molecule has 0 unspecified atom stereocenters. The number of amides is 1. The number of thioether (sulfide) groups is 1. The van der Waals surface area contributed by atoms with Crippen LogP contribution in [0.3, 0.4) is 0 Å². The average molecular weight is 366 g/mol. The van der Waals surface area contributed by atoms with Gasteiger partial charge in [0.15, 0.2) is 22.4 Å². The summed E-state index contributed by atoms with van der Waals surface area (Å²) in [7, 11) is 0. The average Bonchev–Trinajstić information content (AvgIpc) is 3.22. The van der Waals surface area contributed by atoms with Gasteiger partial charge in [0.2, 0.25) is 5.91 Å². The third-order valence-corrected chi connectivity index (χ3v) is 4.84. The third kappa shape index (κ3) is 4.21. The van der Waals surface area contributed by atoms with Gasteiger partial charge in [0, 0.05) is 22.9 Å². The van der Waals surface area contributed by atoms with Crippen LogP contribution in [0.5, 0.6) is 0 Å². The highest BCUT2D eigenvalue weighted by molar-refractivity contribution is 7.99. The van der Waals surface area contributed by atoms with Gasteiger partial charge in [-0.2, -0.15) is 0 Å². The van der Waals surface area contributed by atoms with Crippen LogP contribution < -0.4 is 5.32 Å². The monoisotopic (exact) mass is 366 g/mol. The molecule has 0 aliphatic rings. The van der Waals surface area contributed by atoms with Crippen molar-refractivity contribution in [2.45, 2.75) is 5.75 Å². The van der Waals surface area contributed by atoms with E-state index in [9.17, 15) is 13.6 Å². The molecular weight excluding hydrogens is 354 g/mol. The Kier molecular flexibility index (Phi) is 5.27. The van der Waals surface area contributed by atoms with Crippen molar-refractivity contribution >= 4 is 34.7 Å². The standard InChI is InChI=1S/C16H12F2N2O2S2/c17-12-4-3-10(6-13(12)18)19-15(21)9-23-7-11-8-24-16(20-11)14-2-1-5-22-14/h1-6,8H,7,9H2,(H,19,21). The lowest BCUT2D eigenvalue weighted by atomic mass is 10.3. The summed E-state index contributed by atoms with van der Waals surface area (Å²) in [6.45, 7) is 0. The lowest BCUT2D eigenvalue weighted by molar-refractivity contribution is -0.113. The first kappa shape index (κ1) is 16.7. The normalized spacial score (nSPS) is 10.8. The molecule has 2 aromatic heterocycles. The molecule has 3 aromatic rings. The maximum atomic E-state index is 13.1. The number of nitrogens with one attached hydrogen (secondary N) is 1. The second-order valence-electron chi connectivity index (χ2n) is 4.79. The first-order chi connectivity index (χ1) is 11.6. The second kappa shape index (κ2) is 7.59. The van der Waals surface area contributed by atoms with Crippen molar-refractivity contribution in [3.63, 3.8) is 0 Å². The van der Waals surface area contributed by atoms with Gasteiger partial charge in [-0.25, -0.2) is 13.8 Å². The molecule has 3 rings (SSSR count). The molecule has 0 spiro atoms. The minimum absolute atomic E-state index is 0.187. The summed E-state index contributed by atoms with van der Waals surface area (Å²) in [5.41, 5.74) is 1.09. The van der Waals surface area contributed by atoms with Crippen molar-refractivity contribution in [1.82, 2.24) is 4.98 Å². The van der Waals surface area contributed by atoms with Gasteiger partial charge in [-0.3, -0.25) is 4.79 Å². The molecule has 8 heteroatoms. The van der Waals surface area contributed by atoms with E-state index in [1.807, 2.05) is 11.4 Å². The molecule has 0 aliphatic carbocycles. The zero-order valence-electron chi connectivity index (χ0n) is 12.3. The van der Waals surface area contributed by atoms with Crippen molar-refractivity contribution in [3.05, 3.63) is 59.3 Å². The highest BCUT2D eigenvalue weighted by atomic mass is 32.2. The Morgan fingerprint density at radius 2 is 2.17 bits per heavy atom. The zero-order chi connectivity index (χ0) is 16.9. The molecule has 124 valence electrons. The van der Waals surface area contributed by atoms with Crippen LogP contribution in [0.15, 0.2) is 46.4 Å². The summed E-state index contributed by atoms with van der Waals surface area (Å²) < 4.78 is 31.2. The number of carbonyl (C=O) groups is 1. The molecule has 1 amide bonds. The van der Waals surface area contributed by atoms with Crippen LogP contribution in [0.1, 0.15) is 5.69 Å². The summed E-state index contributed by atoms with van der Waals surface area (Å²) in [4.78, 5) is 16.2. The van der Waals surface area contributed by atoms with Crippen molar-refractivity contribution in [2.24, 2.45) is 0 Å². The number of benzene rings is 1. The molecule has 0 aliphatic heterocycles. The number of furan rings is 1. The van der Waals surface area contributed by atoms with E-state index in [2.05, 4.69) is 10.3 Å². The third-order valence-electron chi connectivity index (χ3n) is 2.97. The lowest BCUT2D eigenvalue weighted by Gasteiger charge is -2.05. The Morgan fingerprint density at radius 1 is 1.29 bits per heavy atom. The smallest absolute Gasteiger partial charge is 0.234 e. The van der Waals surface area contributed by atoms with Gasteiger partial charge in [0.05, 0.1) is 17.7 Å². The number of anilines is 1. The summed E-state index contributed by atoms with van der Waals surface area (Å²) in [6.07, 6.45) is 1.59. The molecule has 0 fully saturated rings. The quantitative estimate of drug-likeness (QED) is 0.695. The van der Waals surface area contributed by atoms with Gasteiger partial charge in [-0.15, -0.1) is 23.1 Å². The van der Waals surface area contributed by atoms with E-state index in [1.54, 1.807) is 12.3 Å². The number of aromatic nitrogens is 1. The number of rotatable bonds is 6.